The third-order valence-electron chi connectivity index (χ3n) is 3.80. The molecule has 6 heteroatoms. The Balaban J connectivity index is 2.02. The van der Waals surface area contributed by atoms with Crippen LogP contribution >= 0.6 is 15.9 Å². The molecule has 2 aromatic carbocycles. The Bertz CT molecular complexity index is 759. The van der Waals surface area contributed by atoms with E-state index in [1.54, 1.807) is 36.4 Å². The van der Waals surface area contributed by atoms with Crippen LogP contribution in [0.5, 0.6) is 0 Å². The quantitative estimate of drug-likeness (QED) is 0.733. The maximum Gasteiger partial charge on any atom is 0.179 e. The fourth-order valence-corrected chi connectivity index (χ4v) is 3.95. The first-order chi connectivity index (χ1) is 11.3. The normalized spacial score (nSPS) is 13.2. The molecule has 0 saturated carbocycles. The van der Waals surface area contributed by atoms with Gasteiger partial charge in [-0.2, -0.15) is 0 Å². The van der Waals surface area contributed by atoms with Crippen molar-refractivity contribution < 1.29 is 12.8 Å². The molecule has 0 fully saturated rings. The summed E-state index contributed by atoms with van der Waals surface area (Å²) in [6.45, 7) is 4.42. The van der Waals surface area contributed by atoms with Gasteiger partial charge in [-0.15, -0.1) is 0 Å². The molecule has 0 radical (unpaired) electrons. The fraction of sp³-hybridized carbons (Fsp3) is 0.333. The molecule has 0 aliphatic heterocycles. The Morgan fingerprint density at radius 2 is 1.62 bits per heavy atom. The molecule has 24 heavy (non-hydrogen) atoms. The van der Waals surface area contributed by atoms with Crippen molar-refractivity contribution in [3.63, 3.8) is 0 Å². The van der Waals surface area contributed by atoms with Gasteiger partial charge in [0.05, 0.1) is 10.6 Å². The van der Waals surface area contributed by atoms with Gasteiger partial charge < -0.3 is 5.32 Å². The molecule has 2 rings (SSSR count). The summed E-state index contributed by atoms with van der Waals surface area (Å²) in [5, 5.41) is 3.28. The van der Waals surface area contributed by atoms with E-state index in [0.717, 1.165) is 10.0 Å². The van der Waals surface area contributed by atoms with Gasteiger partial charge in [-0.05, 0) is 47.9 Å². The highest BCUT2D eigenvalue weighted by Gasteiger charge is 2.18. The molecule has 0 heterocycles. The molecular weight excluding hydrogens is 393 g/mol. The van der Waals surface area contributed by atoms with Crippen molar-refractivity contribution in [1.29, 1.82) is 0 Å². The topological polar surface area (TPSA) is 46.2 Å². The molecule has 0 spiro atoms. The average Bonchev–Trinajstić information content (AvgIpc) is 2.53. The minimum Gasteiger partial charge on any atom is -0.309 e. The number of hydrogen-bond acceptors (Lipinski definition) is 3. The average molecular weight is 414 g/mol. The van der Waals surface area contributed by atoms with Gasteiger partial charge in [-0.3, -0.25) is 0 Å². The second-order valence-corrected chi connectivity index (χ2v) is 9.02. The lowest BCUT2D eigenvalue weighted by Gasteiger charge is -2.23. The molecule has 0 aliphatic rings. The van der Waals surface area contributed by atoms with E-state index in [2.05, 4.69) is 21.2 Å². The third kappa shape index (κ3) is 5.13. The predicted molar refractivity (Wildman–Crippen MR) is 98.2 cm³/mol. The highest BCUT2D eigenvalue weighted by atomic mass is 79.9. The van der Waals surface area contributed by atoms with Crippen LogP contribution < -0.4 is 5.32 Å². The van der Waals surface area contributed by atoms with Crippen LogP contribution in [0.25, 0.3) is 0 Å². The monoisotopic (exact) mass is 413 g/mol. The van der Waals surface area contributed by atoms with E-state index in [0.29, 0.717) is 11.4 Å². The van der Waals surface area contributed by atoms with Crippen molar-refractivity contribution in [1.82, 2.24) is 5.32 Å². The lowest BCUT2D eigenvalue weighted by molar-refractivity contribution is 0.421. The molecule has 0 aliphatic carbocycles. The SMILES string of the molecule is CC(C)[C@@H](NCCS(=O)(=O)c1ccc(Br)cc1)c1ccc(F)cc1. The Morgan fingerprint density at radius 1 is 1.04 bits per heavy atom. The summed E-state index contributed by atoms with van der Waals surface area (Å²) in [6.07, 6.45) is 0. The molecule has 130 valence electrons. The van der Waals surface area contributed by atoms with Crippen LogP contribution in [0.3, 0.4) is 0 Å². The Morgan fingerprint density at radius 3 is 2.17 bits per heavy atom. The zero-order valence-electron chi connectivity index (χ0n) is 13.7. The van der Waals surface area contributed by atoms with E-state index in [-0.39, 0.29) is 23.5 Å². The number of sulfone groups is 1. The molecule has 2 aromatic rings. The molecule has 0 amide bonds. The summed E-state index contributed by atoms with van der Waals surface area (Å²) >= 11 is 3.30. The molecule has 1 atom stereocenters. The molecule has 0 aromatic heterocycles. The highest BCUT2D eigenvalue weighted by Crippen LogP contribution is 2.22. The summed E-state index contributed by atoms with van der Waals surface area (Å²) in [5.41, 5.74) is 0.951. The summed E-state index contributed by atoms with van der Waals surface area (Å²) < 4.78 is 38.7. The second-order valence-electron chi connectivity index (χ2n) is 6.00. The van der Waals surface area contributed by atoms with E-state index in [4.69, 9.17) is 0 Å². The summed E-state index contributed by atoms with van der Waals surface area (Å²) in [5.74, 6) is -0.0103. The van der Waals surface area contributed by atoms with E-state index < -0.39 is 9.84 Å². The predicted octanol–water partition coefficient (Wildman–Crippen LogP) is 4.35. The van der Waals surface area contributed by atoms with Crippen LogP contribution in [0, 0.1) is 11.7 Å². The fourth-order valence-electron chi connectivity index (χ4n) is 2.52. The smallest absolute Gasteiger partial charge is 0.179 e. The molecule has 0 bridgehead atoms. The van der Waals surface area contributed by atoms with E-state index in [1.165, 1.54) is 12.1 Å². The number of halogens is 2. The molecule has 0 unspecified atom stereocenters. The summed E-state index contributed by atoms with van der Waals surface area (Å²) in [4.78, 5) is 0.315. The van der Waals surface area contributed by atoms with Crippen LogP contribution in [-0.2, 0) is 9.84 Å². The second kappa shape index (κ2) is 8.23. The van der Waals surface area contributed by atoms with Crippen molar-refractivity contribution in [2.45, 2.75) is 24.8 Å². The van der Waals surface area contributed by atoms with Crippen LogP contribution in [0.1, 0.15) is 25.5 Å². The lowest BCUT2D eigenvalue weighted by atomic mass is 9.96. The molecule has 1 N–H and O–H groups in total. The van der Waals surface area contributed by atoms with Crippen molar-refractivity contribution in [2.75, 3.05) is 12.3 Å². The van der Waals surface area contributed by atoms with Crippen LogP contribution in [0.15, 0.2) is 57.9 Å². The Hall–Kier alpha value is -1.24. The van der Waals surface area contributed by atoms with Crippen molar-refractivity contribution in [3.05, 3.63) is 64.4 Å². The van der Waals surface area contributed by atoms with E-state index >= 15 is 0 Å². The molecule has 0 saturated heterocycles. The van der Waals surface area contributed by atoms with Crippen molar-refractivity contribution in [2.24, 2.45) is 5.92 Å². The summed E-state index contributed by atoms with van der Waals surface area (Å²) in [6, 6.07) is 12.9. The van der Waals surface area contributed by atoms with Gasteiger partial charge in [0.15, 0.2) is 9.84 Å². The summed E-state index contributed by atoms with van der Waals surface area (Å²) in [7, 11) is -3.33. The van der Waals surface area contributed by atoms with Gasteiger partial charge in [0.25, 0.3) is 0 Å². The Kier molecular flexibility index (Phi) is 6.54. The largest absolute Gasteiger partial charge is 0.309 e. The number of rotatable bonds is 7. The minimum absolute atomic E-state index is 0.0129. The van der Waals surface area contributed by atoms with E-state index in [9.17, 15) is 12.8 Å². The third-order valence-corrected chi connectivity index (χ3v) is 6.06. The van der Waals surface area contributed by atoms with Crippen LogP contribution in [0.4, 0.5) is 4.39 Å². The maximum absolute atomic E-state index is 13.1. The van der Waals surface area contributed by atoms with Crippen LogP contribution in [-0.4, -0.2) is 20.7 Å². The van der Waals surface area contributed by atoms with Crippen molar-refractivity contribution in [3.8, 4) is 0 Å². The van der Waals surface area contributed by atoms with Gasteiger partial charge in [0.1, 0.15) is 5.82 Å². The molecule has 3 nitrogen and oxygen atoms in total. The zero-order valence-corrected chi connectivity index (χ0v) is 16.1. The van der Waals surface area contributed by atoms with E-state index in [1.807, 2.05) is 13.8 Å². The van der Waals surface area contributed by atoms with Gasteiger partial charge in [-0.25, -0.2) is 12.8 Å². The minimum atomic E-state index is -3.33. The van der Waals surface area contributed by atoms with Gasteiger partial charge >= 0.3 is 0 Å². The number of nitrogens with one attached hydrogen (secondary N) is 1. The van der Waals surface area contributed by atoms with Crippen LogP contribution in [0.2, 0.25) is 0 Å². The molecular formula is C18H21BrFNO2S. The standard InChI is InChI=1S/C18H21BrFNO2S/c1-13(2)18(14-3-7-16(20)8-4-14)21-11-12-24(22,23)17-9-5-15(19)6-10-17/h3-10,13,18,21H,11-12H2,1-2H3/t18-/m1/s1. The van der Waals surface area contributed by atoms with Crippen molar-refractivity contribution >= 4 is 25.8 Å². The first-order valence-electron chi connectivity index (χ1n) is 7.77. The highest BCUT2D eigenvalue weighted by molar-refractivity contribution is 9.10. The van der Waals surface area contributed by atoms with Gasteiger partial charge in [0, 0.05) is 17.1 Å². The van der Waals surface area contributed by atoms with Gasteiger partial charge in [-0.1, -0.05) is 41.9 Å². The zero-order chi connectivity index (χ0) is 17.7. The first-order valence-corrected chi connectivity index (χ1v) is 10.2. The van der Waals surface area contributed by atoms with Gasteiger partial charge in [0.2, 0.25) is 0 Å². The first kappa shape index (κ1) is 19.1. The Labute approximate surface area is 151 Å². The number of hydrogen-bond donors (Lipinski definition) is 1. The maximum atomic E-state index is 13.1. The lowest BCUT2D eigenvalue weighted by Crippen LogP contribution is -2.30. The number of benzene rings is 2.